The van der Waals surface area contributed by atoms with Crippen molar-refractivity contribution in [1.82, 2.24) is 15.0 Å². The Morgan fingerprint density at radius 2 is 2.04 bits per heavy atom. The molecule has 1 fully saturated rings. The highest BCUT2D eigenvalue weighted by molar-refractivity contribution is 9.10. The molecule has 0 aliphatic carbocycles. The first kappa shape index (κ1) is 18.3. The zero-order chi connectivity index (χ0) is 18.8. The zero-order valence-corrected chi connectivity index (χ0v) is 16.9. The molecule has 1 aromatic carbocycles. The Hall–Kier alpha value is -2.03. The fraction of sp³-hybridized carbons (Fsp3) is 0.316. The van der Waals surface area contributed by atoms with E-state index >= 15 is 0 Å². The average molecular weight is 448 g/mol. The lowest BCUT2D eigenvalue weighted by atomic mass is 9.89. The van der Waals surface area contributed by atoms with Crippen LogP contribution in [0.25, 0.3) is 10.7 Å². The van der Waals surface area contributed by atoms with Crippen LogP contribution in [-0.4, -0.2) is 39.0 Å². The van der Waals surface area contributed by atoms with Crippen LogP contribution in [0.15, 0.2) is 44.7 Å². The van der Waals surface area contributed by atoms with E-state index < -0.39 is 0 Å². The Bertz CT molecular complexity index is 930. The highest BCUT2D eigenvalue weighted by Crippen LogP contribution is 2.28. The monoisotopic (exact) mass is 447 g/mol. The summed E-state index contributed by atoms with van der Waals surface area (Å²) in [6.07, 6.45) is 1.61. The Labute approximate surface area is 169 Å². The fourth-order valence-electron chi connectivity index (χ4n) is 3.26. The molecule has 1 aliphatic rings. The molecule has 0 amide bonds. The van der Waals surface area contributed by atoms with E-state index in [1.807, 2.05) is 11.4 Å². The molecule has 0 radical (unpaired) electrons. The number of ketones is 1. The third kappa shape index (κ3) is 4.28. The highest BCUT2D eigenvalue weighted by Gasteiger charge is 2.26. The molecule has 3 aromatic rings. The van der Waals surface area contributed by atoms with Gasteiger partial charge in [0.05, 0.1) is 11.4 Å². The normalized spacial score (nSPS) is 15.9. The van der Waals surface area contributed by atoms with Gasteiger partial charge in [0, 0.05) is 21.3 Å². The molecule has 1 N–H and O–H groups in total. The SMILES string of the molecule is O=C(c1ccc(O)cc1)C1CCN(Cc2nc(-c3cc(Br)cs3)no2)CC1. The van der Waals surface area contributed by atoms with Gasteiger partial charge in [-0.05, 0) is 72.2 Å². The molecule has 2 aromatic heterocycles. The van der Waals surface area contributed by atoms with Crippen molar-refractivity contribution in [1.29, 1.82) is 0 Å². The van der Waals surface area contributed by atoms with Crippen molar-refractivity contribution in [2.24, 2.45) is 5.92 Å². The second-order valence-corrected chi connectivity index (χ2v) is 8.43. The number of piperidine rings is 1. The molecular weight excluding hydrogens is 430 g/mol. The van der Waals surface area contributed by atoms with Crippen LogP contribution < -0.4 is 0 Å². The van der Waals surface area contributed by atoms with E-state index in [-0.39, 0.29) is 17.5 Å². The first-order valence-corrected chi connectivity index (χ1v) is 10.4. The predicted octanol–water partition coefficient (Wildman–Crippen LogP) is 4.36. The summed E-state index contributed by atoms with van der Waals surface area (Å²) < 4.78 is 6.39. The van der Waals surface area contributed by atoms with Crippen LogP contribution in [0, 0.1) is 5.92 Å². The molecule has 3 heterocycles. The maximum atomic E-state index is 12.6. The van der Waals surface area contributed by atoms with Crippen molar-refractivity contribution in [2.45, 2.75) is 19.4 Å². The van der Waals surface area contributed by atoms with Gasteiger partial charge < -0.3 is 9.63 Å². The number of halogens is 1. The lowest BCUT2D eigenvalue weighted by Crippen LogP contribution is -2.36. The maximum absolute atomic E-state index is 12.6. The Kier molecular flexibility index (Phi) is 5.38. The first-order chi connectivity index (χ1) is 13.1. The van der Waals surface area contributed by atoms with Crippen LogP contribution in [0.3, 0.4) is 0 Å². The molecule has 0 unspecified atom stereocenters. The Morgan fingerprint density at radius 1 is 1.30 bits per heavy atom. The summed E-state index contributed by atoms with van der Waals surface area (Å²) >= 11 is 5.00. The number of carbonyl (C=O) groups is 1. The number of phenols is 1. The zero-order valence-electron chi connectivity index (χ0n) is 14.5. The van der Waals surface area contributed by atoms with Crippen LogP contribution in [0.2, 0.25) is 0 Å². The van der Waals surface area contributed by atoms with Crippen LogP contribution in [0.5, 0.6) is 5.75 Å². The lowest BCUT2D eigenvalue weighted by Gasteiger charge is -2.30. The molecule has 6 nitrogen and oxygen atoms in total. The number of hydrogen-bond acceptors (Lipinski definition) is 7. The van der Waals surface area contributed by atoms with Crippen LogP contribution in [-0.2, 0) is 6.54 Å². The Balaban J connectivity index is 1.32. The third-order valence-corrected chi connectivity index (χ3v) is 6.41. The number of aromatic hydroxyl groups is 1. The molecular formula is C19H18BrN3O3S. The van der Waals surface area contributed by atoms with Gasteiger partial charge in [0.25, 0.3) is 0 Å². The standard InChI is InChI=1S/C19H18BrN3O3S/c20-14-9-16(27-11-14)19-21-17(26-22-19)10-23-7-5-13(6-8-23)18(25)12-1-3-15(24)4-2-12/h1-4,9,11,13,24H,5-8,10H2. The number of Topliss-reactive ketones (excluding diaryl/α,β-unsaturated/α-hetero) is 1. The van der Waals surface area contributed by atoms with Gasteiger partial charge in [-0.3, -0.25) is 9.69 Å². The number of carbonyl (C=O) groups excluding carboxylic acids is 1. The van der Waals surface area contributed by atoms with E-state index in [9.17, 15) is 9.90 Å². The molecule has 1 saturated heterocycles. The second kappa shape index (κ2) is 7.92. The molecule has 27 heavy (non-hydrogen) atoms. The number of thiophene rings is 1. The van der Waals surface area contributed by atoms with E-state index in [2.05, 4.69) is 31.0 Å². The largest absolute Gasteiger partial charge is 0.508 e. The minimum atomic E-state index is 0.0208. The minimum absolute atomic E-state index is 0.0208. The molecule has 8 heteroatoms. The predicted molar refractivity (Wildman–Crippen MR) is 106 cm³/mol. The molecule has 0 bridgehead atoms. The smallest absolute Gasteiger partial charge is 0.241 e. The summed E-state index contributed by atoms with van der Waals surface area (Å²) in [5.74, 6) is 1.55. The molecule has 1 aliphatic heterocycles. The van der Waals surface area contributed by atoms with Gasteiger partial charge in [0.1, 0.15) is 5.75 Å². The van der Waals surface area contributed by atoms with Gasteiger partial charge in [-0.2, -0.15) is 4.98 Å². The maximum Gasteiger partial charge on any atom is 0.241 e. The number of nitrogens with zero attached hydrogens (tertiary/aromatic N) is 3. The van der Waals surface area contributed by atoms with Crippen molar-refractivity contribution >= 4 is 33.0 Å². The summed E-state index contributed by atoms with van der Waals surface area (Å²) in [6, 6.07) is 8.46. The summed E-state index contributed by atoms with van der Waals surface area (Å²) in [4.78, 5) is 20.3. The molecule has 4 rings (SSSR count). The number of phenolic OH excluding ortho intramolecular Hbond substituents is 1. The summed E-state index contributed by atoms with van der Waals surface area (Å²) in [7, 11) is 0. The van der Waals surface area contributed by atoms with E-state index in [0.717, 1.165) is 35.3 Å². The topological polar surface area (TPSA) is 79.5 Å². The minimum Gasteiger partial charge on any atom is -0.508 e. The third-order valence-electron chi connectivity index (χ3n) is 4.72. The van der Waals surface area contributed by atoms with Crippen LogP contribution in [0.4, 0.5) is 0 Å². The van der Waals surface area contributed by atoms with Gasteiger partial charge in [-0.25, -0.2) is 0 Å². The van der Waals surface area contributed by atoms with Gasteiger partial charge >= 0.3 is 0 Å². The molecule has 140 valence electrons. The average Bonchev–Trinajstić information content (AvgIpc) is 3.31. The number of aromatic nitrogens is 2. The number of rotatable bonds is 5. The van der Waals surface area contributed by atoms with Crippen molar-refractivity contribution in [3.05, 3.63) is 51.6 Å². The number of likely N-dealkylation sites (tertiary alicyclic amines) is 1. The van der Waals surface area contributed by atoms with Crippen LogP contribution in [0.1, 0.15) is 29.1 Å². The molecule has 0 spiro atoms. The fourth-order valence-corrected chi connectivity index (χ4v) is 4.61. The summed E-state index contributed by atoms with van der Waals surface area (Å²) in [6.45, 7) is 2.23. The molecule has 0 saturated carbocycles. The van der Waals surface area contributed by atoms with Gasteiger partial charge in [0.15, 0.2) is 5.78 Å². The summed E-state index contributed by atoms with van der Waals surface area (Å²) in [5, 5.41) is 15.4. The molecule has 0 atom stereocenters. The van der Waals surface area contributed by atoms with Crippen molar-refractivity contribution in [3.63, 3.8) is 0 Å². The van der Waals surface area contributed by atoms with E-state index in [4.69, 9.17) is 4.52 Å². The van der Waals surface area contributed by atoms with Gasteiger partial charge in [-0.15, -0.1) is 11.3 Å². The quantitative estimate of drug-likeness (QED) is 0.585. The lowest BCUT2D eigenvalue weighted by molar-refractivity contribution is 0.0825. The van der Waals surface area contributed by atoms with E-state index in [1.54, 1.807) is 35.6 Å². The van der Waals surface area contributed by atoms with Crippen molar-refractivity contribution < 1.29 is 14.4 Å². The van der Waals surface area contributed by atoms with Crippen molar-refractivity contribution in [2.75, 3.05) is 13.1 Å². The highest BCUT2D eigenvalue weighted by atomic mass is 79.9. The number of benzene rings is 1. The number of hydrogen-bond donors (Lipinski definition) is 1. The van der Waals surface area contributed by atoms with Crippen LogP contribution >= 0.6 is 27.3 Å². The van der Waals surface area contributed by atoms with Gasteiger partial charge in [0.2, 0.25) is 11.7 Å². The second-order valence-electron chi connectivity index (χ2n) is 6.60. The Morgan fingerprint density at radius 3 is 2.70 bits per heavy atom. The van der Waals surface area contributed by atoms with Crippen molar-refractivity contribution in [3.8, 4) is 16.5 Å². The van der Waals surface area contributed by atoms with E-state index in [0.29, 0.717) is 23.8 Å². The van der Waals surface area contributed by atoms with Gasteiger partial charge in [-0.1, -0.05) is 5.16 Å². The summed E-state index contributed by atoms with van der Waals surface area (Å²) in [5.41, 5.74) is 0.662. The van der Waals surface area contributed by atoms with E-state index in [1.165, 1.54) is 0 Å². The first-order valence-electron chi connectivity index (χ1n) is 8.71.